The van der Waals surface area contributed by atoms with Gasteiger partial charge < -0.3 is 14.1 Å². The second kappa shape index (κ2) is 7.00. The van der Waals surface area contributed by atoms with E-state index >= 15 is 0 Å². The van der Waals surface area contributed by atoms with Crippen molar-refractivity contribution in [2.75, 3.05) is 13.2 Å². The molecular formula is C20H24N2O3. The fourth-order valence-electron chi connectivity index (χ4n) is 3.87. The Hall–Kier alpha value is -2.14. The number of hydrogen-bond acceptors (Lipinski definition) is 4. The maximum Gasteiger partial charge on any atom is 0.223 e. The number of benzene rings is 1. The van der Waals surface area contributed by atoms with Gasteiger partial charge in [0.15, 0.2) is 11.7 Å². The molecule has 1 saturated carbocycles. The summed E-state index contributed by atoms with van der Waals surface area (Å²) in [6.45, 7) is 3.42. The minimum Gasteiger partial charge on any atom is -0.441 e. The fourth-order valence-corrected chi connectivity index (χ4v) is 3.87. The van der Waals surface area contributed by atoms with Crippen molar-refractivity contribution in [2.45, 2.75) is 51.2 Å². The molecular weight excluding hydrogens is 316 g/mol. The first-order chi connectivity index (χ1) is 12.2. The van der Waals surface area contributed by atoms with Crippen LogP contribution in [0.5, 0.6) is 0 Å². The molecule has 1 aliphatic carbocycles. The molecule has 2 fully saturated rings. The molecule has 2 aromatic rings. The zero-order chi connectivity index (χ0) is 17.2. The van der Waals surface area contributed by atoms with E-state index in [1.54, 1.807) is 6.20 Å². The summed E-state index contributed by atoms with van der Waals surface area (Å²) in [6, 6.07) is 8.43. The molecule has 2 atom stereocenters. The smallest absolute Gasteiger partial charge is 0.223 e. The van der Waals surface area contributed by atoms with E-state index < -0.39 is 0 Å². The highest BCUT2D eigenvalue weighted by Crippen LogP contribution is 2.30. The van der Waals surface area contributed by atoms with E-state index in [2.05, 4.69) is 24.0 Å². The lowest BCUT2D eigenvalue weighted by Crippen LogP contribution is -2.51. The largest absolute Gasteiger partial charge is 0.441 e. The normalized spacial score (nSPS) is 22.8. The van der Waals surface area contributed by atoms with Crippen LogP contribution >= 0.6 is 0 Å². The van der Waals surface area contributed by atoms with Crippen LogP contribution in [0, 0.1) is 6.92 Å². The molecule has 132 valence electrons. The van der Waals surface area contributed by atoms with E-state index in [4.69, 9.17) is 9.15 Å². The van der Waals surface area contributed by atoms with E-state index in [9.17, 15) is 4.79 Å². The summed E-state index contributed by atoms with van der Waals surface area (Å²) in [5.41, 5.74) is 2.22. The number of nitrogens with zero attached hydrogens (tertiary/aromatic N) is 2. The van der Waals surface area contributed by atoms with Crippen LogP contribution in [0.25, 0.3) is 11.3 Å². The predicted octanol–water partition coefficient (Wildman–Crippen LogP) is 3.36. The standard InChI is InChI=1S/C20H24N2O3/c1-14-5-7-15(8-6-14)18-13-21-19(25-18)9-10-20(23)22-11-12-24-17-4-2-3-16(17)22/h5-8,13,16-17H,2-4,9-12H2,1H3/t16-,17+/m0/s1. The van der Waals surface area contributed by atoms with Crippen LogP contribution in [0.15, 0.2) is 34.9 Å². The SMILES string of the molecule is Cc1ccc(-c2cnc(CCC(=O)N3CCO[C@@H]4CCC[C@@H]43)o2)cc1. The van der Waals surface area contributed by atoms with Crippen LogP contribution in [-0.4, -0.2) is 41.1 Å². The Bertz CT molecular complexity index is 738. The molecule has 5 heteroatoms. The summed E-state index contributed by atoms with van der Waals surface area (Å²) in [6.07, 6.45) is 6.26. The van der Waals surface area contributed by atoms with Gasteiger partial charge in [-0.15, -0.1) is 0 Å². The zero-order valence-electron chi connectivity index (χ0n) is 14.6. The second-order valence-electron chi connectivity index (χ2n) is 6.98. The van der Waals surface area contributed by atoms with Gasteiger partial charge in [-0.2, -0.15) is 0 Å². The van der Waals surface area contributed by atoms with Gasteiger partial charge in [-0.05, 0) is 26.2 Å². The molecule has 1 saturated heterocycles. The first kappa shape index (κ1) is 16.3. The fraction of sp³-hybridized carbons (Fsp3) is 0.500. The van der Waals surface area contributed by atoms with Gasteiger partial charge >= 0.3 is 0 Å². The van der Waals surface area contributed by atoms with Crippen molar-refractivity contribution >= 4 is 5.91 Å². The molecule has 4 rings (SSSR count). The summed E-state index contributed by atoms with van der Waals surface area (Å²) < 4.78 is 11.6. The number of amides is 1. The van der Waals surface area contributed by atoms with Crippen molar-refractivity contribution in [1.82, 2.24) is 9.88 Å². The Morgan fingerprint density at radius 2 is 2.12 bits per heavy atom. The number of ether oxygens (including phenoxy) is 1. The lowest BCUT2D eigenvalue weighted by molar-refractivity contribution is -0.144. The van der Waals surface area contributed by atoms with Crippen LogP contribution in [0.1, 0.15) is 37.1 Å². The Morgan fingerprint density at radius 1 is 1.28 bits per heavy atom. The van der Waals surface area contributed by atoms with E-state index in [0.29, 0.717) is 31.9 Å². The summed E-state index contributed by atoms with van der Waals surface area (Å²) in [4.78, 5) is 19.0. The van der Waals surface area contributed by atoms with Crippen molar-refractivity contribution < 1.29 is 13.9 Å². The molecule has 2 heterocycles. The number of hydrogen-bond donors (Lipinski definition) is 0. The lowest BCUT2D eigenvalue weighted by Gasteiger charge is -2.37. The predicted molar refractivity (Wildman–Crippen MR) is 94.1 cm³/mol. The first-order valence-corrected chi connectivity index (χ1v) is 9.13. The van der Waals surface area contributed by atoms with Crippen molar-refractivity contribution in [3.63, 3.8) is 0 Å². The molecule has 2 aliphatic rings. The third kappa shape index (κ3) is 3.47. The highest BCUT2D eigenvalue weighted by molar-refractivity contribution is 5.77. The van der Waals surface area contributed by atoms with Gasteiger partial charge in [-0.25, -0.2) is 4.98 Å². The number of carbonyl (C=O) groups excluding carboxylic acids is 1. The van der Waals surface area contributed by atoms with Gasteiger partial charge in [0.05, 0.1) is 24.9 Å². The summed E-state index contributed by atoms with van der Waals surface area (Å²) in [5.74, 6) is 1.57. The van der Waals surface area contributed by atoms with Gasteiger partial charge in [0.25, 0.3) is 0 Å². The Kier molecular flexibility index (Phi) is 4.57. The van der Waals surface area contributed by atoms with Crippen molar-refractivity contribution in [1.29, 1.82) is 0 Å². The third-order valence-corrected chi connectivity index (χ3v) is 5.24. The maximum atomic E-state index is 12.6. The van der Waals surface area contributed by atoms with Crippen LogP contribution in [-0.2, 0) is 16.0 Å². The van der Waals surface area contributed by atoms with Crippen LogP contribution in [0.4, 0.5) is 0 Å². The lowest BCUT2D eigenvalue weighted by atomic mass is 10.1. The van der Waals surface area contributed by atoms with Crippen molar-refractivity contribution in [3.05, 3.63) is 41.9 Å². The first-order valence-electron chi connectivity index (χ1n) is 9.13. The monoisotopic (exact) mass is 340 g/mol. The Labute approximate surface area is 148 Å². The summed E-state index contributed by atoms with van der Waals surface area (Å²) in [7, 11) is 0. The zero-order valence-corrected chi connectivity index (χ0v) is 14.6. The van der Waals surface area contributed by atoms with Gasteiger partial charge in [-0.1, -0.05) is 29.8 Å². The molecule has 0 bridgehead atoms. The quantitative estimate of drug-likeness (QED) is 0.856. The van der Waals surface area contributed by atoms with Crippen molar-refractivity contribution in [2.24, 2.45) is 0 Å². The number of carbonyl (C=O) groups is 1. The highest BCUT2D eigenvalue weighted by atomic mass is 16.5. The molecule has 0 N–H and O–H groups in total. The van der Waals surface area contributed by atoms with Crippen LogP contribution in [0.3, 0.4) is 0 Å². The topological polar surface area (TPSA) is 55.6 Å². The van der Waals surface area contributed by atoms with Gasteiger partial charge in [0, 0.05) is 24.9 Å². The maximum absolute atomic E-state index is 12.6. The van der Waals surface area contributed by atoms with Crippen LogP contribution in [0.2, 0.25) is 0 Å². The number of aryl methyl sites for hydroxylation is 2. The molecule has 0 spiro atoms. The van der Waals surface area contributed by atoms with E-state index in [1.165, 1.54) is 5.56 Å². The van der Waals surface area contributed by atoms with Crippen LogP contribution < -0.4 is 0 Å². The second-order valence-corrected chi connectivity index (χ2v) is 6.98. The molecule has 1 aromatic heterocycles. The molecule has 0 unspecified atom stereocenters. The molecule has 1 aromatic carbocycles. The molecule has 1 aliphatic heterocycles. The number of rotatable bonds is 4. The van der Waals surface area contributed by atoms with E-state index in [-0.39, 0.29) is 18.1 Å². The number of oxazole rings is 1. The van der Waals surface area contributed by atoms with E-state index in [0.717, 1.165) is 30.6 Å². The molecule has 5 nitrogen and oxygen atoms in total. The molecule has 0 radical (unpaired) electrons. The number of morpholine rings is 1. The van der Waals surface area contributed by atoms with Gasteiger partial charge in [0.2, 0.25) is 5.91 Å². The minimum absolute atomic E-state index is 0.190. The molecule has 1 amide bonds. The van der Waals surface area contributed by atoms with Gasteiger partial charge in [-0.3, -0.25) is 4.79 Å². The average Bonchev–Trinajstić information content (AvgIpc) is 3.29. The Morgan fingerprint density at radius 3 is 2.96 bits per heavy atom. The third-order valence-electron chi connectivity index (χ3n) is 5.24. The minimum atomic E-state index is 0.190. The highest BCUT2D eigenvalue weighted by Gasteiger charge is 2.38. The number of aromatic nitrogens is 1. The van der Waals surface area contributed by atoms with Crippen molar-refractivity contribution in [3.8, 4) is 11.3 Å². The molecule has 25 heavy (non-hydrogen) atoms. The van der Waals surface area contributed by atoms with E-state index in [1.807, 2.05) is 17.0 Å². The summed E-state index contributed by atoms with van der Waals surface area (Å²) in [5, 5.41) is 0. The number of fused-ring (bicyclic) bond motifs is 1. The van der Waals surface area contributed by atoms with Gasteiger partial charge in [0.1, 0.15) is 0 Å². The average molecular weight is 340 g/mol. The Balaban J connectivity index is 1.37. The summed E-state index contributed by atoms with van der Waals surface area (Å²) >= 11 is 0.